The predicted octanol–water partition coefficient (Wildman–Crippen LogP) is 4.11. The van der Waals surface area contributed by atoms with Crippen LogP contribution in [0.15, 0.2) is 36.4 Å². The van der Waals surface area contributed by atoms with E-state index in [0.717, 1.165) is 5.56 Å². The molecule has 150 valence electrons. The molecule has 0 unspecified atom stereocenters. The van der Waals surface area contributed by atoms with Gasteiger partial charge in [-0.15, -0.1) is 0 Å². The minimum Gasteiger partial charge on any atom is -0.493 e. The highest BCUT2D eigenvalue weighted by molar-refractivity contribution is 6.30. The molecule has 0 aliphatic heterocycles. The number of carbonyl (C=O) groups is 2. The van der Waals surface area contributed by atoms with Crippen LogP contribution in [0.3, 0.4) is 0 Å². The van der Waals surface area contributed by atoms with Crippen LogP contribution >= 0.6 is 11.6 Å². The van der Waals surface area contributed by atoms with E-state index >= 15 is 0 Å². The number of hydrogen-bond donors (Lipinski definition) is 0. The van der Waals surface area contributed by atoms with Gasteiger partial charge in [-0.2, -0.15) is 0 Å². The molecular formula is C21H23ClO6. The first-order chi connectivity index (χ1) is 13.4. The normalized spacial score (nSPS) is 11.5. The fourth-order valence-electron chi connectivity index (χ4n) is 2.68. The van der Waals surface area contributed by atoms with Gasteiger partial charge in [-0.05, 0) is 55.3 Å². The summed E-state index contributed by atoms with van der Waals surface area (Å²) in [6.45, 7) is 1.55. The van der Waals surface area contributed by atoms with Gasteiger partial charge in [0, 0.05) is 17.0 Å². The highest BCUT2D eigenvalue weighted by atomic mass is 35.5. The summed E-state index contributed by atoms with van der Waals surface area (Å²) in [4.78, 5) is 24.5. The zero-order valence-corrected chi connectivity index (χ0v) is 17.0. The summed E-state index contributed by atoms with van der Waals surface area (Å²) in [5.74, 6) is 0.757. The number of esters is 1. The van der Waals surface area contributed by atoms with Gasteiger partial charge < -0.3 is 18.9 Å². The Morgan fingerprint density at radius 1 is 0.964 bits per heavy atom. The lowest BCUT2D eigenvalue weighted by Gasteiger charge is -2.15. The first-order valence-corrected chi connectivity index (χ1v) is 9.05. The number of ketones is 1. The number of hydrogen-bond acceptors (Lipinski definition) is 6. The third kappa shape index (κ3) is 5.39. The molecule has 0 bridgehead atoms. The van der Waals surface area contributed by atoms with Crippen LogP contribution in [0.25, 0.3) is 0 Å². The fourth-order valence-corrected chi connectivity index (χ4v) is 2.81. The molecule has 0 aliphatic rings. The lowest BCUT2D eigenvalue weighted by molar-refractivity contribution is -0.146. The van der Waals surface area contributed by atoms with E-state index in [1.54, 1.807) is 43.3 Å². The molecule has 0 saturated carbocycles. The number of halogens is 1. The zero-order valence-electron chi connectivity index (χ0n) is 16.3. The molecular weight excluding hydrogens is 384 g/mol. The molecule has 0 amide bonds. The van der Waals surface area contributed by atoms with Crippen LogP contribution in [0.5, 0.6) is 17.2 Å². The molecule has 0 heterocycles. The van der Waals surface area contributed by atoms with Gasteiger partial charge in [-0.3, -0.25) is 9.59 Å². The summed E-state index contributed by atoms with van der Waals surface area (Å²) < 4.78 is 21.2. The highest BCUT2D eigenvalue weighted by Gasteiger charge is 2.20. The van der Waals surface area contributed by atoms with Crippen molar-refractivity contribution in [2.75, 3.05) is 21.3 Å². The molecule has 6 nitrogen and oxygen atoms in total. The molecule has 0 aromatic heterocycles. The summed E-state index contributed by atoms with van der Waals surface area (Å²) in [7, 11) is 4.58. The van der Waals surface area contributed by atoms with Crippen LogP contribution < -0.4 is 14.2 Å². The van der Waals surface area contributed by atoms with Crippen molar-refractivity contribution in [3.63, 3.8) is 0 Å². The molecule has 0 spiro atoms. The molecule has 0 radical (unpaired) electrons. The molecule has 0 fully saturated rings. The highest BCUT2D eigenvalue weighted by Crippen LogP contribution is 2.38. The Balaban J connectivity index is 1.98. The SMILES string of the molecule is COc1cc(CCC(=O)O[C@@H](C)C(=O)c2ccc(Cl)cc2)cc(OC)c1OC. The van der Waals surface area contributed by atoms with Gasteiger partial charge in [0.15, 0.2) is 17.6 Å². The lowest BCUT2D eigenvalue weighted by Crippen LogP contribution is -2.24. The fraction of sp³-hybridized carbons (Fsp3) is 0.333. The number of benzene rings is 2. The smallest absolute Gasteiger partial charge is 0.306 e. The minimum atomic E-state index is -0.881. The summed E-state index contributed by atoms with van der Waals surface area (Å²) in [6.07, 6.45) is -0.373. The van der Waals surface area contributed by atoms with Gasteiger partial charge >= 0.3 is 5.97 Å². The number of Topliss-reactive ketones (excluding diaryl/α,β-unsaturated/α-hetero) is 1. The maximum absolute atomic E-state index is 12.3. The largest absolute Gasteiger partial charge is 0.493 e. The summed E-state index contributed by atoms with van der Waals surface area (Å²) >= 11 is 5.82. The van der Waals surface area contributed by atoms with Crippen LogP contribution in [0, 0.1) is 0 Å². The summed E-state index contributed by atoms with van der Waals surface area (Å²) in [5.41, 5.74) is 1.26. The van der Waals surface area contributed by atoms with E-state index in [1.807, 2.05) is 0 Å². The number of ether oxygens (including phenoxy) is 4. The first-order valence-electron chi connectivity index (χ1n) is 8.67. The van der Waals surface area contributed by atoms with E-state index in [9.17, 15) is 9.59 Å². The standard InChI is InChI=1S/C21H23ClO6/c1-13(20(24)15-6-8-16(22)9-7-15)28-19(23)10-5-14-11-17(25-2)21(27-4)18(12-14)26-3/h6-9,11-13H,5,10H2,1-4H3/t13-/m0/s1. The van der Waals surface area contributed by atoms with Crippen molar-refractivity contribution < 1.29 is 28.5 Å². The molecule has 2 aromatic rings. The van der Waals surface area contributed by atoms with Crippen molar-refractivity contribution in [2.24, 2.45) is 0 Å². The monoisotopic (exact) mass is 406 g/mol. The van der Waals surface area contributed by atoms with E-state index in [2.05, 4.69) is 0 Å². The average Bonchev–Trinajstić information content (AvgIpc) is 2.71. The maximum atomic E-state index is 12.3. The number of carbonyl (C=O) groups excluding carboxylic acids is 2. The van der Waals surface area contributed by atoms with Gasteiger partial charge in [0.25, 0.3) is 0 Å². The number of aryl methyl sites for hydroxylation is 1. The lowest BCUT2D eigenvalue weighted by atomic mass is 10.1. The second-order valence-electron chi connectivity index (χ2n) is 6.04. The van der Waals surface area contributed by atoms with Crippen molar-refractivity contribution in [2.45, 2.75) is 25.9 Å². The molecule has 28 heavy (non-hydrogen) atoms. The van der Waals surface area contributed by atoms with Gasteiger partial charge in [-0.25, -0.2) is 0 Å². The Morgan fingerprint density at radius 3 is 2.04 bits per heavy atom. The van der Waals surface area contributed by atoms with Crippen LogP contribution in [0.2, 0.25) is 5.02 Å². The maximum Gasteiger partial charge on any atom is 0.306 e. The van der Waals surface area contributed by atoms with E-state index in [-0.39, 0.29) is 12.2 Å². The van der Waals surface area contributed by atoms with E-state index < -0.39 is 12.1 Å². The van der Waals surface area contributed by atoms with Crippen molar-refractivity contribution in [1.82, 2.24) is 0 Å². The second kappa shape index (κ2) is 9.99. The summed E-state index contributed by atoms with van der Waals surface area (Å²) in [6, 6.07) is 9.99. The number of rotatable bonds is 9. The first kappa shape index (κ1) is 21.6. The van der Waals surface area contributed by atoms with Gasteiger partial charge in [0.05, 0.1) is 21.3 Å². The van der Waals surface area contributed by atoms with Crippen molar-refractivity contribution in [3.05, 3.63) is 52.5 Å². The van der Waals surface area contributed by atoms with Gasteiger partial charge in [0.2, 0.25) is 11.5 Å². The van der Waals surface area contributed by atoms with Gasteiger partial charge in [-0.1, -0.05) is 11.6 Å². The Labute approximate surface area is 169 Å². The van der Waals surface area contributed by atoms with Crippen LogP contribution in [-0.4, -0.2) is 39.2 Å². The van der Waals surface area contributed by atoms with E-state index in [0.29, 0.717) is 34.3 Å². The Kier molecular flexibility index (Phi) is 7.70. The van der Waals surface area contributed by atoms with E-state index in [1.165, 1.54) is 21.3 Å². The van der Waals surface area contributed by atoms with Crippen LogP contribution in [0.1, 0.15) is 29.3 Å². The minimum absolute atomic E-state index is 0.108. The topological polar surface area (TPSA) is 71.1 Å². The summed E-state index contributed by atoms with van der Waals surface area (Å²) in [5, 5.41) is 0.534. The van der Waals surface area contributed by atoms with E-state index in [4.69, 9.17) is 30.5 Å². The molecule has 2 aromatic carbocycles. The molecule has 2 rings (SSSR count). The molecule has 1 atom stereocenters. The van der Waals surface area contributed by atoms with Gasteiger partial charge in [0.1, 0.15) is 0 Å². The quantitative estimate of drug-likeness (QED) is 0.461. The second-order valence-corrected chi connectivity index (χ2v) is 6.47. The zero-order chi connectivity index (χ0) is 20.7. The van der Waals surface area contributed by atoms with Crippen molar-refractivity contribution in [3.8, 4) is 17.2 Å². The van der Waals surface area contributed by atoms with Crippen LogP contribution in [0.4, 0.5) is 0 Å². The molecule has 0 aliphatic carbocycles. The Hall–Kier alpha value is -2.73. The third-order valence-electron chi connectivity index (χ3n) is 4.15. The van der Waals surface area contributed by atoms with Crippen molar-refractivity contribution >= 4 is 23.4 Å². The molecule has 0 N–H and O–H groups in total. The predicted molar refractivity (Wildman–Crippen MR) is 106 cm³/mol. The Bertz CT molecular complexity index is 806. The van der Waals surface area contributed by atoms with Crippen molar-refractivity contribution in [1.29, 1.82) is 0 Å². The molecule has 7 heteroatoms. The number of methoxy groups -OCH3 is 3. The molecule has 0 saturated heterocycles. The third-order valence-corrected chi connectivity index (χ3v) is 4.40. The average molecular weight is 407 g/mol. The Morgan fingerprint density at radius 2 is 1.54 bits per heavy atom. The van der Waals surface area contributed by atoms with Crippen LogP contribution in [-0.2, 0) is 16.0 Å².